The molecule has 0 radical (unpaired) electrons. The van der Waals surface area contributed by atoms with Crippen molar-refractivity contribution in [3.05, 3.63) is 0 Å². The smallest absolute Gasteiger partial charge is 0.248 e. The molecule has 0 rings (SSSR count). The molecular weight excluding hydrogens is 167 g/mol. The van der Waals surface area contributed by atoms with E-state index in [4.69, 9.17) is 15.8 Å². The summed E-state index contributed by atoms with van der Waals surface area (Å²) in [5.41, 5.74) is 0. The Morgan fingerprint density at radius 2 is 1.18 bits per heavy atom. The molecule has 0 aliphatic heterocycles. The predicted octanol–water partition coefficient (Wildman–Crippen LogP) is -0.693. The average Bonchev–Trinajstić information content (AvgIpc) is 1.88. The highest BCUT2D eigenvalue weighted by Gasteiger charge is 2.18. The van der Waals surface area contributed by atoms with Crippen LogP contribution in [0.4, 0.5) is 0 Å². The quantitative estimate of drug-likeness (QED) is 0.290. The van der Waals surface area contributed by atoms with Crippen molar-refractivity contribution >= 4 is 7.59 Å². The lowest BCUT2D eigenvalue weighted by Crippen LogP contribution is -2.24. The lowest BCUT2D eigenvalue weighted by molar-refractivity contribution is 0.563. The summed E-state index contributed by atoms with van der Waals surface area (Å²) in [6, 6.07) is 0. The highest BCUT2D eigenvalue weighted by Crippen LogP contribution is 2.27. The minimum Gasteiger partial charge on any atom is -0.248 e. The molecule has 56 valence electrons. The van der Waals surface area contributed by atoms with Gasteiger partial charge < -0.3 is 0 Å². The van der Waals surface area contributed by atoms with Crippen LogP contribution >= 0.6 is 7.59 Å². The summed E-state index contributed by atoms with van der Waals surface area (Å²) in [5.74, 6) is 0. The first-order valence-corrected chi connectivity index (χ1v) is 3.98. The van der Waals surface area contributed by atoms with Crippen molar-refractivity contribution in [1.29, 1.82) is 15.8 Å². The van der Waals surface area contributed by atoms with E-state index in [2.05, 4.69) is 0 Å². The summed E-state index contributed by atoms with van der Waals surface area (Å²) in [4.78, 5) is 0. The molecular formula is C3H3N6OP. The Labute approximate surface area is 62.8 Å². The Kier molecular flexibility index (Phi) is 3.31. The predicted molar refractivity (Wildman–Crippen MR) is 33.9 cm³/mol. The fourth-order valence-corrected chi connectivity index (χ4v) is 0.885. The van der Waals surface area contributed by atoms with Gasteiger partial charge in [0.15, 0.2) is 18.6 Å². The van der Waals surface area contributed by atoms with E-state index in [0.717, 1.165) is 0 Å². The molecule has 0 heterocycles. The Balaban J connectivity index is 4.34. The molecule has 0 aromatic heterocycles. The molecule has 0 saturated carbocycles. The van der Waals surface area contributed by atoms with Gasteiger partial charge in [-0.2, -0.15) is 15.8 Å². The maximum atomic E-state index is 11.0. The van der Waals surface area contributed by atoms with E-state index in [0.29, 0.717) is 0 Å². The van der Waals surface area contributed by atoms with Crippen molar-refractivity contribution in [3.8, 4) is 18.6 Å². The molecule has 0 aliphatic carbocycles. The summed E-state index contributed by atoms with van der Waals surface area (Å²) < 4.78 is 11.0. The van der Waals surface area contributed by atoms with Gasteiger partial charge in [-0.3, -0.25) is 0 Å². The van der Waals surface area contributed by atoms with Gasteiger partial charge in [0.25, 0.3) is 0 Å². The standard InChI is InChI=1S/C3H3N6OP/c4-1-7-11(10,8-2-5)9-3-6/h(H3,7,8,9,10). The van der Waals surface area contributed by atoms with Crippen molar-refractivity contribution in [1.82, 2.24) is 15.3 Å². The van der Waals surface area contributed by atoms with E-state index in [1.54, 1.807) is 15.3 Å². The summed E-state index contributed by atoms with van der Waals surface area (Å²) in [7, 11) is -3.55. The highest BCUT2D eigenvalue weighted by molar-refractivity contribution is 7.58. The minimum atomic E-state index is -3.55. The molecule has 0 aliphatic rings. The molecule has 3 N–H and O–H groups in total. The summed E-state index contributed by atoms with van der Waals surface area (Å²) in [5, 5.41) is 29.3. The van der Waals surface area contributed by atoms with Crippen LogP contribution in [0, 0.1) is 34.4 Å². The second-order valence-corrected chi connectivity index (χ2v) is 3.17. The molecule has 0 spiro atoms. The van der Waals surface area contributed by atoms with E-state index in [1.807, 2.05) is 0 Å². The third-order valence-electron chi connectivity index (χ3n) is 0.622. The highest BCUT2D eigenvalue weighted by atomic mass is 31.2. The Morgan fingerprint density at radius 3 is 1.36 bits per heavy atom. The van der Waals surface area contributed by atoms with E-state index in [9.17, 15) is 4.57 Å². The molecule has 0 saturated heterocycles. The van der Waals surface area contributed by atoms with Gasteiger partial charge in [0.2, 0.25) is 0 Å². The van der Waals surface area contributed by atoms with Gasteiger partial charge in [-0.25, -0.2) is 19.8 Å². The Hall–Kier alpha value is -1.90. The molecule has 0 aromatic rings. The lowest BCUT2D eigenvalue weighted by atomic mass is 11.5. The number of nitriles is 3. The zero-order valence-corrected chi connectivity index (χ0v) is 6.09. The molecule has 0 fully saturated rings. The molecule has 0 aromatic carbocycles. The van der Waals surface area contributed by atoms with Gasteiger partial charge in [-0.1, -0.05) is 0 Å². The van der Waals surface area contributed by atoms with Crippen molar-refractivity contribution in [2.75, 3.05) is 0 Å². The normalized spacial score (nSPS) is 8.09. The first-order valence-electron chi connectivity index (χ1n) is 2.27. The van der Waals surface area contributed by atoms with Crippen LogP contribution in [0.15, 0.2) is 0 Å². The largest absolute Gasteiger partial charge is 0.378 e. The number of nitrogens with zero attached hydrogens (tertiary/aromatic N) is 3. The summed E-state index contributed by atoms with van der Waals surface area (Å²) >= 11 is 0. The van der Waals surface area contributed by atoms with Crippen LogP contribution in [0.2, 0.25) is 0 Å². The number of hydrogen-bond acceptors (Lipinski definition) is 4. The van der Waals surface area contributed by atoms with Crippen LogP contribution in [0.3, 0.4) is 0 Å². The van der Waals surface area contributed by atoms with E-state index < -0.39 is 7.59 Å². The summed E-state index contributed by atoms with van der Waals surface area (Å²) in [6.45, 7) is 0. The Morgan fingerprint density at radius 1 is 0.909 bits per heavy atom. The molecule has 0 atom stereocenters. The monoisotopic (exact) mass is 170 g/mol. The summed E-state index contributed by atoms with van der Waals surface area (Å²) in [6.07, 6.45) is 4.01. The molecule has 0 unspecified atom stereocenters. The molecule has 11 heavy (non-hydrogen) atoms. The molecule has 8 heteroatoms. The van der Waals surface area contributed by atoms with Crippen LogP contribution in [0.25, 0.3) is 0 Å². The first kappa shape index (κ1) is 9.10. The fraction of sp³-hybridized carbons (Fsp3) is 0. The fourth-order valence-electron chi connectivity index (χ4n) is 0.295. The maximum absolute atomic E-state index is 11.0. The van der Waals surface area contributed by atoms with Gasteiger partial charge in [0.05, 0.1) is 0 Å². The second-order valence-electron chi connectivity index (χ2n) is 1.28. The van der Waals surface area contributed by atoms with Gasteiger partial charge in [-0.05, 0) is 0 Å². The zero-order valence-electron chi connectivity index (χ0n) is 5.20. The zero-order chi connectivity index (χ0) is 8.74. The number of nitrogens with one attached hydrogen (secondary N) is 3. The van der Waals surface area contributed by atoms with E-state index in [-0.39, 0.29) is 0 Å². The minimum absolute atomic E-state index is 1.34. The van der Waals surface area contributed by atoms with Crippen LogP contribution in [0.5, 0.6) is 0 Å². The molecule has 7 nitrogen and oxygen atoms in total. The van der Waals surface area contributed by atoms with Gasteiger partial charge in [0, 0.05) is 0 Å². The average molecular weight is 170 g/mol. The third-order valence-corrected chi connectivity index (χ3v) is 1.87. The molecule has 0 bridgehead atoms. The van der Waals surface area contributed by atoms with Gasteiger partial charge in [0.1, 0.15) is 0 Å². The van der Waals surface area contributed by atoms with Crippen LogP contribution in [0.1, 0.15) is 0 Å². The van der Waals surface area contributed by atoms with Crippen molar-refractivity contribution in [2.45, 2.75) is 0 Å². The third kappa shape index (κ3) is 2.95. The number of hydrogen-bond donors (Lipinski definition) is 3. The van der Waals surface area contributed by atoms with Crippen LogP contribution in [-0.2, 0) is 4.57 Å². The first-order chi connectivity index (χ1) is 5.18. The van der Waals surface area contributed by atoms with Gasteiger partial charge in [-0.15, -0.1) is 0 Å². The Bertz CT molecular complexity index is 243. The van der Waals surface area contributed by atoms with E-state index in [1.165, 1.54) is 18.6 Å². The van der Waals surface area contributed by atoms with Crippen LogP contribution < -0.4 is 15.3 Å². The maximum Gasteiger partial charge on any atom is 0.378 e. The lowest BCUT2D eigenvalue weighted by Gasteiger charge is -2.08. The van der Waals surface area contributed by atoms with Crippen LogP contribution in [-0.4, -0.2) is 0 Å². The topological polar surface area (TPSA) is 125 Å². The van der Waals surface area contributed by atoms with E-state index >= 15 is 0 Å². The SMILES string of the molecule is N#CNP(=O)(NC#N)NC#N. The molecule has 0 amide bonds. The van der Waals surface area contributed by atoms with Crippen molar-refractivity contribution in [3.63, 3.8) is 0 Å². The van der Waals surface area contributed by atoms with Gasteiger partial charge >= 0.3 is 7.59 Å². The van der Waals surface area contributed by atoms with Crippen molar-refractivity contribution < 1.29 is 4.57 Å². The van der Waals surface area contributed by atoms with Crippen molar-refractivity contribution in [2.24, 2.45) is 0 Å². The number of rotatable bonds is 3. The second kappa shape index (κ2) is 4.00.